The summed E-state index contributed by atoms with van der Waals surface area (Å²) < 4.78 is 3.95. The molecule has 0 fully saturated rings. The maximum Gasteiger partial charge on any atom is 0.138 e. The Labute approximate surface area is 273 Å². The summed E-state index contributed by atoms with van der Waals surface area (Å²) in [5, 5.41) is 52.6. The van der Waals surface area contributed by atoms with Gasteiger partial charge in [0.05, 0.1) is 92.1 Å². The second-order valence-corrected chi connectivity index (χ2v) is 11.3. The SMILES string of the molecule is N#Cc1cccc(-c2cc(-n3c4cc(C#N)ccc4c4ccc(C#N)cc43)ncc2-n2c3cc(C#N)ccc3c3ccc(C#N)cc32)c1. The van der Waals surface area contributed by atoms with Crippen molar-refractivity contribution in [3.05, 3.63) is 137 Å². The molecule has 8 nitrogen and oxygen atoms in total. The molecule has 0 N–H and O–H groups in total. The maximum absolute atomic E-state index is 9.81. The zero-order valence-electron chi connectivity index (χ0n) is 25.0. The Morgan fingerprint density at radius 3 is 1.29 bits per heavy atom. The van der Waals surface area contributed by atoms with E-state index in [4.69, 9.17) is 4.98 Å². The Morgan fingerprint density at radius 2 is 0.854 bits per heavy atom. The Hall–Kier alpha value is -7.70. The first-order chi connectivity index (χ1) is 23.5. The normalized spacial score (nSPS) is 10.8. The monoisotopic (exact) mass is 610 g/mol. The van der Waals surface area contributed by atoms with Crippen molar-refractivity contribution in [2.24, 2.45) is 0 Å². The van der Waals surface area contributed by atoms with Gasteiger partial charge in [-0.1, -0.05) is 36.4 Å². The van der Waals surface area contributed by atoms with Crippen LogP contribution >= 0.6 is 0 Å². The first-order valence-corrected chi connectivity index (χ1v) is 14.8. The summed E-state index contributed by atoms with van der Waals surface area (Å²) in [4.78, 5) is 5.00. The number of rotatable bonds is 3. The van der Waals surface area contributed by atoms with Gasteiger partial charge in [-0.2, -0.15) is 26.3 Å². The van der Waals surface area contributed by atoms with Crippen molar-refractivity contribution in [2.45, 2.75) is 0 Å². The van der Waals surface area contributed by atoms with Gasteiger partial charge in [0.1, 0.15) is 5.82 Å². The zero-order chi connectivity index (χ0) is 32.9. The minimum absolute atomic E-state index is 0.478. The van der Waals surface area contributed by atoms with E-state index in [9.17, 15) is 26.3 Å². The van der Waals surface area contributed by atoms with Gasteiger partial charge in [-0.15, -0.1) is 0 Å². The van der Waals surface area contributed by atoms with Crippen LogP contribution in [0.5, 0.6) is 0 Å². The molecule has 0 saturated heterocycles. The summed E-state index contributed by atoms with van der Waals surface area (Å²) in [7, 11) is 0. The molecule has 0 aliphatic rings. The van der Waals surface area contributed by atoms with Crippen molar-refractivity contribution in [3.8, 4) is 53.0 Å². The number of pyridine rings is 1. The topological polar surface area (TPSA) is 142 Å². The summed E-state index contributed by atoms with van der Waals surface area (Å²) in [6, 6.07) is 42.4. The number of aromatic nitrogens is 3. The highest BCUT2D eigenvalue weighted by Gasteiger charge is 2.21. The van der Waals surface area contributed by atoms with Crippen LogP contribution < -0.4 is 0 Å². The van der Waals surface area contributed by atoms with Crippen LogP contribution in [0, 0.1) is 56.7 Å². The quantitative estimate of drug-likeness (QED) is 0.197. The summed E-state index contributed by atoms with van der Waals surface area (Å²) >= 11 is 0. The third kappa shape index (κ3) is 4.15. The lowest BCUT2D eigenvalue weighted by atomic mass is 10.0. The van der Waals surface area contributed by atoms with E-state index in [-0.39, 0.29) is 0 Å². The molecule has 0 spiro atoms. The molecule has 0 aliphatic heterocycles. The number of nitriles is 5. The van der Waals surface area contributed by atoms with Gasteiger partial charge >= 0.3 is 0 Å². The average molecular weight is 611 g/mol. The van der Waals surface area contributed by atoms with Gasteiger partial charge in [0, 0.05) is 27.1 Å². The van der Waals surface area contributed by atoms with Crippen LogP contribution in [-0.4, -0.2) is 14.1 Å². The van der Waals surface area contributed by atoms with Gasteiger partial charge in [0.2, 0.25) is 0 Å². The molecule has 218 valence electrons. The molecule has 48 heavy (non-hydrogen) atoms. The molecule has 0 atom stereocenters. The highest BCUT2D eigenvalue weighted by atomic mass is 15.1. The van der Waals surface area contributed by atoms with E-state index in [2.05, 4.69) is 30.3 Å². The Morgan fingerprint density at radius 1 is 0.438 bits per heavy atom. The Bertz CT molecular complexity index is 2760. The molecule has 0 unspecified atom stereocenters. The van der Waals surface area contributed by atoms with Crippen LogP contribution in [0.1, 0.15) is 27.8 Å². The molecular formula is C40H18N8. The van der Waals surface area contributed by atoms with E-state index in [1.165, 1.54) is 0 Å². The summed E-state index contributed by atoms with van der Waals surface area (Å²) in [6.45, 7) is 0. The summed E-state index contributed by atoms with van der Waals surface area (Å²) in [6.07, 6.45) is 1.75. The van der Waals surface area contributed by atoms with Gasteiger partial charge in [0.15, 0.2) is 0 Å². The third-order valence-corrected chi connectivity index (χ3v) is 8.69. The molecule has 8 rings (SSSR count). The van der Waals surface area contributed by atoms with E-state index < -0.39 is 0 Å². The van der Waals surface area contributed by atoms with Crippen molar-refractivity contribution in [1.29, 1.82) is 26.3 Å². The number of benzene rings is 5. The van der Waals surface area contributed by atoms with Crippen molar-refractivity contribution in [1.82, 2.24) is 14.1 Å². The fourth-order valence-corrected chi connectivity index (χ4v) is 6.55. The van der Waals surface area contributed by atoms with Gasteiger partial charge in [-0.05, 0) is 72.3 Å². The van der Waals surface area contributed by atoms with Gasteiger partial charge < -0.3 is 4.57 Å². The minimum Gasteiger partial charge on any atom is -0.307 e. The molecule has 0 saturated carbocycles. The van der Waals surface area contributed by atoms with E-state index in [0.717, 1.165) is 54.7 Å². The van der Waals surface area contributed by atoms with Crippen LogP contribution in [0.2, 0.25) is 0 Å². The molecule has 3 heterocycles. The van der Waals surface area contributed by atoms with Crippen LogP contribution in [-0.2, 0) is 0 Å². The molecular weight excluding hydrogens is 592 g/mol. The molecule has 0 amide bonds. The minimum atomic E-state index is 0.478. The van der Waals surface area contributed by atoms with Gasteiger partial charge in [-0.3, -0.25) is 4.57 Å². The van der Waals surface area contributed by atoms with E-state index in [1.807, 2.05) is 81.9 Å². The molecule has 3 aromatic heterocycles. The van der Waals surface area contributed by atoms with Crippen LogP contribution in [0.15, 0.2) is 109 Å². The van der Waals surface area contributed by atoms with Crippen molar-refractivity contribution in [2.75, 3.05) is 0 Å². The number of hydrogen-bond donors (Lipinski definition) is 0. The molecule has 5 aromatic carbocycles. The lowest BCUT2D eigenvalue weighted by molar-refractivity contribution is 1.05. The number of hydrogen-bond acceptors (Lipinski definition) is 6. The highest BCUT2D eigenvalue weighted by Crippen LogP contribution is 2.39. The van der Waals surface area contributed by atoms with Crippen molar-refractivity contribution >= 4 is 43.6 Å². The van der Waals surface area contributed by atoms with Crippen molar-refractivity contribution < 1.29 is 0 Å². The predicted octanol–water partition coefficient (Wildman–Crippen LogP) is 8.30. The first-order valence-electron chi connectivity index (χ1n) is 14.8. The van der Waals surface area contributed by atoms with E-state index in [1.54, 1.807) is 36.5 Å². The molecule has 8 aromatic rings. The van der Waals surface area contributed by atoms with Crippen molar-refractivity contribution in [3.63, 3.8) is 0 Å². The van der Waals surface area contributed by atoms with Crippen LogP contribution in [0.3, 0.4) is 0 Å². The number of fused-ring (bicyclic) bond motifs is 6. The van der Waals surface area contributed by atoms with Gasteiger partial charge in [0.25, 0.3) is 0 Å². The van der Waals surface area contributed by atoms with E-state index >= 15 is 0 Å². The highest BCUT2D eigenvalue weighted by molar-refractivity contribution is 6.11. The fourth-order valence-electron chi connectivity index (χ4n) is 6.55. The fraction of sp³-hybridized carbons (Fsp3) is 0. The zero-order valence-corrected chi connectivity index (χ0v) is 25.0. The first kappa shape index (κ1) is 27.8. The van der Waals surface area contributed by atoms with Crippen LogP contribution in [0.4, 0.5) is 0 Å². The lowest BCUT2D eigenvalue weighted by Gasteiger charge is -2.17. The van der Waals surface area contributed by atoms with Crippen LogP contribution in [0.25, 0.3) is 66.2 Å². The smallest absolute Gasteiger partial charge is 0.138 e. The Kier molecular flexibility index (Phi) is 6.22. The number of nitrogens with zero attached hydrogens (tertiary/aromatic N) is 8. The standard InChI is InChI=1S/C40H18N8/c41-18-24-2-1-3-29(12-24)34-17-40(48-37-15-27(21-44)6-10-32(37)33-11-7-28(22-45)16-38(33)48)46-23-39(34)47-35-13-25(19-42)4-8-30(35)31-9-5-26(20-43)14-36(31)47/h1-17,23H. The molecule has 0 aliphatic carbocycles. The lowest BCUT2D eigenvalue weighted by Crippen LogP contribution is -2.04. The molecule has 0 radical (unpaired) electrons. The van der Waals surface area contributed by atoms with Gasteiger partial charge in [-0.25, -0.2) is 4.98 Å². The molecule has 8 heteroatoms. The average Bonchev–Trinajstić information content (AvgIpc) is 3.65. The third-order valence-electron chi connectivity index (χ3n) is 8.69. The van der Waals surface area contributed by atoms with E-state index in [0.29, 0.717) is 39.3 Å². The summed E-state index contributed by atoms with van der Waals surface area (Å²) in [5.74, 6) is 0.539. The summed E-state index contributed by atoms with van der Waals surface area (Å²) in [5.41, 5.74) is 7.62. The largest absolute Gasteiger partial charge is 0.307 e. The predicted molar refractivity (Wildman–Crippen MR) is 182 cm³/mol. The Balaban J connectivity index is 1.52. The second kappa shape index (κ2) is 10.7. The maximum atomic E-state index is 9.81. The molecule has 0 bridgehead atoms. The second-order valence-electron chi connectivity index (χ2n) is 11.3.